The van der Waals surface area contributed by atoms with E-state index < -0.39 is 0 Å². The smallest absolute Gasteiger partial charge is 0.0268 e. The molecule has 4 unspecified atom stereocenters. The van der Waals surface area contributed by atoms with Crippen molar-refractivity contribution in [1.29, 1.82) is 0 Å². The van der Waals surface area contributed by atoms with Gasteiger partial charge in [0.2, 0.25) is 0 Å². The van der Waals surface area contributed by atoms with E-state index in [2.05, 4.69) is 145 Å². The van der Waals surface area contributed by atoms with Crippen LogP contribution in [0.3, 0.4) is 0 Å². The summed E-state index contributed by atoms with van der Waals surface area (Å²) in [6.45, 7) is 48.6. The van der Waals surface area contributed by atoms with Gasteiger partial charge in [0.05, 0.1) is 0 Å². The minimum Gasteiger partial charge on any atom is -0.0651 e. The number of hydrogen-bond donors (Lipinski definition) is 0. The van der Waals surface area contributed by atoms with Crippen LogP contribution in [0.1, 0.15) is 287 Å². The van der Waals surface area contributed by atoms with Crippen molar-refractivity contribution < 1.29 is 0 Å². The van der Waals surface area contributed by atoms with E-state index in [9.17, 15) is 0 Å². The molecule has 60 heavy (non-hydrogen) atoms. The Morgan fingerprint density at radius 3 is 0.683 bits per heavy atom. The summed E-state index contributed by atoms with van der Waals surface area (Å²) in [5.41, 5.74) is 4.68. The zero-order valence-electron chi connectivity index (χ0n) is 45.9. The number of hydrogen-bond acceptors (Lipinski definition) is 0. The van der Waals surface area contributed by atoms with Gasteiger partial charge in [-0.25, -0.2) is 0 Å². The third kappa shape index (κ3) is 23.3. The molecule has 0 radical (unpaired) electrons. The second-order valence-corrected chi connectivity index (χ2v) is 27.0. The molecule has 0 aromatic heterocycles. The van der Waals surface area contributed by atoms with Crippen molar-refractivity contribution in [2.45, 2.75) is 287 Å². The van der Waals surface area contributed by atoms with Crippen LogP contribution in [0.15, 0.2) is 0 Å². The maximum Gasteiger partial charge on any atom is -0.0268 e. The van der Waals surface area contributed by atoms with Crippen LogP contribution in [0.5, 0.6) is 0 Å². The van der Waals surface area contributed by atoms with Gasteiger partial charge in [0.25, 0.3) is 0 Å². The molecule has 358 valence electrons. The molecular formula is C60H118. The Balaban J connectivity index is 0.000000230. The molecule has 11 rings (SSSR count). The van der Waals surface area contributed by atoms with Gasteiger partial charge in [0.15, 0.2) is 0 Å². The van der Waals surface area contributed by atoms with Crippen molar-refractivity contribution in [2.75, 3.05) is 0 Å². The van der Waals surface area contributed by atoms with E-state index in [0.717, 1.165) is 86.8 Å². The third-order valence-electron chi connectivity index (χ3n) is 19.9. The minimum absolute atomic E-state index is 0.708. The van der Waals surface area contributed by atoms with Gasteiger partial charge < -0.3 is 0 Å². The second-order valence-electron chi connectivity index (χ2n) is 27.0. The molecule has 0 aromatic rings. The summed E-state index contributed by atoms with van der Waals surface area (Å²) < 4.78 is 0. The Bertz CT molecular complexity index is 1010. The van der Waals surface area contributed by atoms with E-state index in [1.807, 2.05) is 0 Å². The average Bonchev–Trinajstić information content (AvgIpc) is 3.98. The SMILES string of the molecule is CC1(C)CCC1.CC1C(C)C1C.CC1CC1(C)C.CCC1(C)CC1.CCC1(C)CC1.CCC1CC1C.CCC1CCC1.CCC1C[C@@H]1C.C[C@H]1CC1(C)C.C[C@H]1CC12CC2. The van der Waals surface area contributed by atoms with Crippen LogP contribution in [-0.4, -0.2) is 0 Å². The first-order chi connectivity index (χ1) is 27.7. The molecule has 7 atom stereocenters. The maximum absolute atomic E-state index is 2.37. The summed E-state index contributed by atoms with van der Waals surface area (Å²) in [5.74, 6) is 11.6. The largest absolute Gasteiger partial charge is 0.0651 e. The van der Waals surface area contributed by atoms with Gasteiger partial charge in [-0.1, -0.05) is 203 Å². The summed E-state index contributed by atoms with van der Waals surface area (Å²) in [6.07, 6.45) is 32.3. The Kier molecular flexibility index (Phi) is 22.4. The standard InChI is InChI=1S/C6H10.9C6H12/c1-5-4-6(5)2-3-6;2*1-5-4-6(5,2)3;1-6(2)4-3-5-6;1-4-5(2)6(4)3;2*1-3-6(2)4-5-6;2*1-3-6-4-5(6)2;1-2-6-4-3-5-6/h5H,2-4H2,1H3;2*5H,4H2,1-3H3;3-5H2,1-2H3;4-6H,1-3H3;2*3-5H2,1-2H3;2*5-6H,3-4H2,1-2H3;6H,2-5H2,1H3/t2*5-;;;;;;5-,6?;;/m00.....0../s1. The summed E-state index contributed by atoms with van der Waals surface area (Å²) in [5, 5.41) is 0. The van der Waals surface area contributed by atoms with Gasteiger partial charge in [0.1, 0.15) is 0 Å². The third-order valence-corrected chi connectivity index (χ3v) is 19.9. The van der Waals surface area contributed by atoms with Crippen molar-refractivity contribution in [1.82, 2.24) is 0 Å². The van der Waals surface area contributed by atoms with Gasteiger partial charge in [-0.2, -0.15) is 0 Å². The molecule has 0 heterocycles. The normalized spacial score (nSPS) is 37.4. The topological polar surface area (TPSA) is 0 Å². The van der Waals surface area contributed by atoms with Crippen LogP contribution < -0.4 is 0 Å². The molecule has 0 aliphatic heterocycles. The van der Waals surface area contributed by atoms with Gasteiger partial charge in [-0.15, -0.1) is 0 Å². The van der Waals surface area contributed by atoms with E-state index in [0.29, 0.717) is 10.8 Å². The van der Waals surface area contributed by atoms with Crippen LogP contribution >= 0.6 is 0 Å². The van der Waals surface area contributed by atoms with E-state index in [4.69, 9.17) is 0 Å². The summed E-state index contributed by atoms with van der Waals surface area (Å²) in [4.78, 5) is 0. The molecule has 0 aromatic carbocycles. The summed E-state index contributed by atoms with van der Waals surface area (Å²) >= 11 is 0. The van der Waals surface area contributed by atoms with Crippen LogP contribution in [0.25, 0.3) is 0 Å². The zero-order chi connectivity index (χ0) is 45.9. The fourth-order valence-corrected chi connectivity index (χ4v) is 8.63. The fraction of sp³-hybridized carbons (Fsp3) is 1.00. The lowest BCUT2D eigenvalue weighted by molar-refractivity contribution is 0.190. The van der Waals surface area contributed by atoms with Crippen LogP contribution in [0.2, 0.25) is 0 Å². The highest BCUT2D eigenvalue weighted by molar-refractivity contribution is 5.10. The summed E-state index contributed by atoms with van der Waals surface area (Å²) in [7, 11) is 0. The highest BCUT2D eigenvalue weighted by Gasteiger charge is 2.59. The lowest BCUT2D eigenvalue weighted by Crippen LogP contribution is -2.20. The highest BCUT2D eigenvalue weighted by Crippen LogP contribution is 2.70. The second kappa shape index (κ2) is 24.0. The fourth-order valence-electron chi connectivity index (χ4n) is 8.63. The van der Waals surface area contributed by atoms with Crippen LogP contribution in [0.4, 0.5) is 0 Å². The predicted octanol–water partition coefficient (Wildman–Crippen LogP) is 20.7. The molecule has 11 aliphatic rings. The van der Waals surface area contributed by atoms with Crippen molar-refractivity contribution in [2.24, 2.45) is 97.6 Å². The molecule has 11 fully saturated rings. The van der Waals surface area contributed by atoms with Crippen LogP contribution in [0, 0.1) is 97.6 Å². The Morgan fingerprint density at radius 2 is 0.683 bits per heavy atom. The molecule has 0 heteroatoms. The van der Waals surface area contributed by atoms with E-state index >= 15 is 0 Å². The molecule has 0 bridgehead atoms. The molecule has 1 spiro atoms. The Labute approximate surface area is 382 Å². The molecule has 0 nitrogen and oxygen atoms in total. The van der Waals surface area contributed by atoms with E-state index in [1.165, 1.54) is 122 Å². The molecular weight excluding hydrogens is 721 g/mol. The highest BCUT2D eigenvalue weighted by atomic mass is 14.6. The number of rotatable bonds is 5. The first kappa shape index (κ1) is 56.1. The molecule has 0 amide bonds. The van der Waals surface area contributed by atoms with Gasteiger partial charge >= 0.3 is 0 Å². The Morgan fingerprint density at radius 1 is 0.400 bits per heavy atom. The summed E-state index contributed by atoms with van der Waals surface area (Å²) in [6, 6.07) is 0. The van der Waals surface area contributed by atoms with E-state index in [1.54, 1.807) is 19.3 Å². The quantitative estimate of drug-likeness (QED) is 0.259. The van der Waals surface area contributed by atoms with Crippen molar-refractivity contribution in [3.05, 3.63) is 0 Å². The first-order valence-electron chi connectivity index (χ1n) is 27.7. The van der Waals surface area contributed by atoms with Crippen molar-refractivity contribution in [3.63, 3.8) is 0 Å². The van der Waals surface area contributed by atoms with Crippen molar-refractivity contribution in [3.8, 4) is 0 Å². The van der Waals surface area contributed by atoms with E-state index in [-0.39, 0.29) is 0 Å². The molecule has 11 aliphatic carbocycles. The first-order valence-corrected chi connectivity index (χ1v) is 27.7. The van der Waals surface area contributed by atoms with Crippen LogP contribution in [-0.2, 0) is 0 Å². The molecule has 0 N–H and O–H groups in total. The Hall–Kier alpha value is 0. The van der Waals surface area contributed by atoms with Crippen molar-refractivity contribution >= 4 is 0 Å². The van der Waals surface area contributed by atoms with Gasteiger partial charge in [-0.3, -0.25) is 0 Å². The van der Waals surface area contributed by atoms with Gasteiger partial charge in [-0.05, 0) is 181 Å². The lowest BCUT2D eigenvalue weighted by atomic mass is 9.72. The monoisotopic (exact) mass is 839 g/mol. The zero-order valence-corrected chi connectivity index (χ0v) is 45.9. The maximum atomic E-state index is 2.37. The molecule has 11 saturated carbocycles. The van der Waals surface area contributed by atoms with Gasteiger partial charge in [0, 0.05) is 0 Å². The lowest BCUT2D eigenvalue weighted by Gasteiger charge is -2.33. The minimum atomic E-state index is 0.708. The predicted molar refractivity (Wildman–Crippen MR) is 274 cm³/mol. The molecule has 0 saturated heterocycles. The average molecular weight is 840 g/mol.